The van der Waals surface area contributed by atoms with Crippen LogP contribution in [-0.4, -0.2) is 12.1 Å². The topological polar surface area (TPSA) is 78.3 Å². The number of carbonyl (C=O) groups is 1. The lowest BCUT2D eigenvalue weighted by molar-refractivity contribution is 0.0212. The molecule has 0 amide bonds. The van der Waals surface area contributed by atoms with Gasteiger partial charge < -0.3 is 16.2 Å². The normalized spacial score (nSPS) is 16.7. The van der Waals surface area contributed by atoms with Crippen molar-refractivity contribution >= 4 is 17.3 Å². The van der Waals surface area contributed by atoms with Gasteiger partial charge in [0.15, 0.2) is 0 Å². The molecule has 4 N–H and O–H groups in total. The monoisotopic (exact) mass is 234 g/mol. The number of esters is 1. The van der Waals surface area contributed by atoms with E-state index in [1.807, 2.05) is 0 Å². The van der Waals surface area contributed by atoms with Gasteiger partial charge in [-0.3, -0.25) is 0 Å². The van der Waals surface area contributed by atoms with Gasteiger partial charge in [0, 0.05) is 0 Å². The zero-order valence-electron chi connectivity index (χ0n) is 9.82. The number of hydrogen-bond donors (Lipinski definition) is 2. The maximum Gasteiger partial charge on any atom is 0.340 e. The predicted molar refractivity (Wildman–Crippen MR) is 67.6 cm³/mol. The summed E-state index contributed by atoms with van der Waals surface area (Å²) >= 11 is 0. The fraction of sp³-hybridized carbons (Fsp3) is 0.462. The van der Waals surface area contributed by atoms with Crippen molar-refractivity contribution in [2.75, 3.05) is 11.5 Å². The van der Waals surface area contributed by atoms with Gasteiger partial charge in [0.1, 0.15) is 6.10 Å². The zero-order valence-corrected chi connectivity index (χ0v) is 9.82. The van der Waals surface area contributed by atoms with Crippen molar-refractivity contribution in [2.24, 2.45) is 0 Å². The smallest absolute Gasteiger partial charge is 0.340 e. The summed E-state index contributed by atoms with van der Waals surface area (Å²) < 4.78 is 5.44. The first kappa shape index (κ1) is 11.8. The van der Waals surface area contributed by atoms with Crippen molar-refractivity contribution in [1.82, 2.24) is 0 Å². The quantitative estimate of drug-likeness (QED) is 0.608. The Morgan fingerprint density at radius 1 is 1.18 bits per heavy atom. The highest BCUT2D eigenvalue weighted by Gasteiger charge is 2.20. The molecule has 0 unspecified atom stereocenters. The number of carbonyl (C=O) groups excluding carboxylic acids is 1. The van der Waals surface area contributed by atoms with Crippen LogP contribution in [0.2, 0.25) is 0 Å². The molecular formula is C13H18N2O2. The molecule has 1 aromatic rings. The van der Waals surface area contributed by atoms with Crippen LogP contribution in [-0.2, 0) is 4.74 Å². The van der Waals surface area contributed by atoms with Gasteiger partial charge in [0.05, 0.1) is 16.9 Å². The first-order valence-corrected chi connectivity index (χ1v) is 6.03. The molecule has 0 radical (unpaired) electrons. The molecule has 0 heterocycles. The Balaban J connectivity index is 2.06. The van der Waals surface area contributed by atoms with Crippen LogP contribution >= 0.6 is 0 Å². The van der Waals surface area contributed by atoms with E-state index in [0.717, 1.165) is 25.7 Å². The average molecular weight is 234 g/mol. The molecule has 1 saturated carbocycles. The number of rotatable bonds is 2. The van der Waals surface area contributed by atoms with E-state index in [2.05, 4.69) is 0 Å². The first-order chi connectivity index (χ1) is 8.18. The largest absolute Gasteiger partial charge is 0.459 e. The van der Waals surface area contributed by atoms with Gasteiger partial charge >= 0.3 is 5.97 Å². The van der Waals surface area contributed by atoms with Gasteiger partial charge in [0.2, 0.25) is 0 Å². The molecule has 1 aliphatic carbocycles. The number of nitrogen functional groups attached to an aromatic ring is 2. The SMILES string of the molecule is Nc1cccc(C(=O)OC2CCCCC2)c1N. The number of para-hydroxylation sites is 1. The van der Waals surface area contributed by atoms with Gasteiger partial charge in [-0.2, -0.15) is 0 Å². The summed E-state index contributed by atoms with van der Waals surface area (Å²) in [6.45, 7) is 0. The van der Waals surface area contributed by atoms with E-state index in [-0.39, 0.29) is 12.1 Å². The lowest BCUT2D eigenvalue weighted by Crippen LogP contribution is -2.21. The van der Waals surface area contributed by atoms with Crippen molar-refractivity contribution in [3.63, 3.8) is 0 Å². The molecule has 92 valence electrons. The number of nitrogens with two attached hydrogens (primary N) is 2. The molecular weight excluding hydrogens is 216 g/mol. The summed E-state index contributed by atoms with van der Waals surface area (Å²) in [5.74, 6) is -0.360. The number of benzene rings is 1. The van der Waals surface area contributed by atoms with Gasteiger partial charge in [-0.05, 0) is 37.8 Å². The molecule has 1 aromatic carbocycles. The number of ether oxygens (including phenoxy) is 1. The molecule has 1 fully saturated rings. The van der Waals surface area contributed by atoms with Crippen LogP contribution in [0.3, 0.4) is 0 Å². The van der Waals surface area contributed by atoms with Crippen molar-refractivity contribution in [1.29, 1.82) is 0 Å². The molecule has 0 bridgehead atoms. The molecule has 4 heteroatoms. The molecule has 17 heavy (non-hydrogen) atoms. The van der Waals surface area contributed by atoms with Crippen molar-refractivity contribution in [3.05, 3.63) is 23.8 Å². The summed E-state index contributed by atoms with van der Waals surface area (Å²) in [5.41, 5.74) is 12.5. The van der Waals surface area contributed by atoms with E-state index in [4.69, 9.17) is 16.2 Å². The van der Waals surface area contributed by atoms with Crippen LogP contribution in [0.5, 0.6) is 0 Å². The third-order valence-electron chi connectivity index (χ3n) is 3.19. The van der Waals surface area contributed by atoms with Crippen LogP contribution in [0, 0.1) is 0 Å². The Bertz CT molecular complexity index is 412. The van der Waals surface area contributed by atoms with E-state index in [1.165, 1.54) is 6.42 Å². The average Bonchev–Trinajstić information content (AvgIpc) is 2.34. The van der Waals surface area contributed by atoms with E-state index >= 15 is 0 Å². The lowest BCUT2D eigenvalue weighted by atomic mass is 9.98. The maximum absolute atomic E-state index is 11.9. The number of anilines is 2. The summed E-state index contributed by atoms with van der Waals surface area (Å²) in [6, 6.07) is 5.03. The minimum absolute atomic E-state index is 0.0390. The predicted octanol–water partition coefficient (Wildman–Crippen LogP) is 2.34. The maximum atomic E-state index is 11.9. The Morgan fingerprint density at radius 3 is 2.59 bits per heavy atom. The highest BCUT2D eigenvalue weighted by molar-refractivity contribution is 5.98. The molecule has 0 aromatic heterocycles. The molecule has 4 nitrogen and oxygen atoms in total. The van der Waals surface area contributed by atoms with Crippen molar-refractivity contribution in [2.45, 2.75) is 38.2 Å². The van der Waals surface area contributed by atoms with Crippen molar-refractivity contribution in [3.8, 4) is 0 Å². The Labute approximate surface area is 101 Å². The Hall–Kier alpha value is -1.71. The standard InChI is InChI=1S/C13H18N2O2/c14-11-8-4-7-10(12(11)15)13(16)17-9-5-2-1-3-6-9/h4,7-9H,1-3,5-6,14-15H2. The Morgan fingerprint density at radius 2 is 1.88 bits per heavy atom. The van der Waals surface area contributed by atoms with Crippen LogP contribution in [0.25, 0.3) is 0 Å². The van der Waals surface area contributed by atoms with E-state index in [9.17, 15) is 4.79 Å². The van der Waals surface area contributed by atoms with Crippen LogP contribution in [0.1, 0.15) is 42.5 Å². The fourth-order valence-electron chi connectivity index (χ4n) is 2.16. The molecule has 2 rings (SSSR count). The molecule has 1 aliphatic rings. The second-order valence-corrected chi connectivity index (χ2v) is 4.47. The van der Waals surface area contributed by atoms with E-state index in [0.29, 0.717) is 16.9 Å². The third kappa shape index (κ3) is 2.70. The fourth-order valence-corrected chi connectivity index (χ4v) is 2.16. The molecule has 0 spiro atoms. The van der Waals surface area contributed by atoms with Crippen LogP contribution in [0.4, 0.5) is 11.4 Å². The molecule has 0 atom stereocenters. The lowest BCUT2D eigenvalue weighted by Gasteiger charge is -2.22. The van der Waals surface area contributed by atoms with E-state index < -0.39 is 0 Å². The van der Waals surface area contributed by atoms with Gasteiger partial charge in [-0.15, -0.1) is 0 Å². The highest BCUT2D eigenvalue weighted by atomic mass is 16.5. The number of hydrogen-bond acceptors (Lipinski definition) is 4. The summed E-state index contributed by atoms with van der Waals surface area (Å²) in [4.78, 5) is 11.9. The molecule has 0 aliphatic heterocycles. The van der Waals surface area contributed by atoms with Gasteiger partial charge in [-0.1, -0.05) is 12.5 Å². The summed E-state index contributed by atoms with van der Waals surface area (Å²) in [7, 11) is 0. The first-order valence-electron chi connectivity index (χ1n) is 6.03. The van der Waals surface area contributed by atoms with Gasteiger partial charge in [0.25, 0.3) is 0 Å². The second kappa shape index (κ2) is 5.08. The minimum Gasteiger partial charge on any atom is -0.459 e. The second-order valence-electron chi connectivity index (χ2n) is 4.47. The van der Waals surface area contributed by atoms with Gasteiger partial charge in [-0.25, -0.2) is 4.79 Å². The third-order valence-corrected chi connectivity index (χ3v) is 3.19. The van der Waals surface area contributed by atoms with Crippen LogP contribution in [0.15, 0.2) is 18.2 Å². The zero-order chi connectivity index (χ0) is 12.3. The summed E-state index contributed by atoms with van der Waals surface area (Å²) in [5, 5.41) is 0. The highest BCUT2D eigenvalue weighted by Crippen LogP contribution is 2.24. The van der Waals surface area contributed by atoms with E-state index in [1.54, 1.807) is 18.2 Å². The van der Waals surface area contributed by atoms with Crippen molar-refractivity contribution < 1.29 is 9.53 Å². The minimum atomic E-state index is -0.360. The molecule has 0 saturated heterocycles. The summed E-state index contributed by atoms with van der Waals surface area (Å²) in [6.07, 6.45) is 5.43. The Kier molecular flexibility index (Phi) is 3.52. The van der Waals surface area contributed by atoms with Crippen LogP contribution < -0.4 is 11.5 Å².